The number of aliphatic carboxylic acids is 1. The zero-order chi connectivity index (χ0) is 24.6. The predicted octanol–water partition coefficient (Wildman–Crippen LogP) is 2.75. The molecule has 2 N–H and O–H groups in total. The van der Waals surface area contributed by atoms with E-state index in [1.165, 1.54) is 7.05 Å². The summed E-state index contributed by atoms with van der Waals surface area (Å²) in [6, 6.07) is 15.9. The molecule has 180 valence electrons. The van der Waals surface area contributed by atoms with Gasteiger partial charge in [0.1, 0.15) is 6.61 Å². The number of likely N-dealkylation sites (N-methyl/N-ethyl adjacent to an activating group) is 1. The first-order chi connectivity index (χ1) is 16.9. The van der Waals surface area contributed by atoms with Crippen molar-refractivity contribution in [2.45, 2.75) is 17.9 Å². The van der Waals surface area contributed by atoms with E-state index in [0.717, 1.165) is 27.2 Å². The maximum atomic E-state index is 13.0. The number of ether oxygens (including phenoxy) is 2. The quantitative estimate of drug-likeness (QED) is 0.546. The topological polar surface area (TPSA) is 144 Å². The molecule has 1 aliphatic carbocycles. The van der Waals surface area contributed by atoms with Crippen molar-refractivity contribution in [3.05, 3.63) is 65.4 Å². The van der Waals surface area contributed by atoms with Crippen molar-refractivity contribution >= 4 is 23.8 Å². The summed E-state index contributed by atoms with van der Waals surface area (Å²) in [5.74, 6) is -2.39. The van der Waals surface area contributed by atoms with Crippen LogP contribution in [0.15, 0.2) is 53.2 Å². The van der Waals surface area contributed by atoms with Gasteiger partial charge in [-0.2, -0.15) is 0 Å². The average Bonchev–Trinajstić information content (AvgIpc) is 3.60. The average molecular weight is 478 g/mol. The molecule has 1 aromatic heterocycles. The van der Waals surface area contributed by atoms with Gasteiger partial charge >= 0.3 is 12.1 Å². The molecule has 2 aromatic carbocycles. The van der Waals surface area contributed by atoms with Crippen LogP contribution in [0.25, 0.3) is 11.1 Å². The highest BCUT2D eigenvalue weighted by atomic mass is 16.6. The Morgan fingerprint density at radius 3 is 2.37 bits per heavy atom. The molecule has 1 aliphatic heterocycles. The van der Waals surface area contributed by atoms with Crippen LogP contribution < -0.4 is 5.32 Å². The van der Waals surface area contributed by atoms with Crippen molar-refractivity contribution in [3.63, 3.8) is 0 Å². The zero-order valence-corrected chi connectivity index (χ0v) is 18.8. The summed E-state index contributed by atoms with van der Waals surface area (Å²) in [6.45, 7) is 0.102. The number of amides is 2. The Kier molecular flexibility index (Phi) is 5.69. The normalized spacial score (nSPS) is 18.5. The molecule has 0 radical (unpaired) electrons. The molecule has 0 spiro atoms. The molecule has 11 nitrogen and oxygen atoms in total. The fraction of sp³-hybridized carbons (Fsp3) is 0.292. The second kappa shape index (κ2) is 8.84. The van der Waals surface area contributed by atoms with E-state index in [-0.39, 0.29) is 43.7 Å². The predicted molar refractivity (Wildman–Crippen MR) is 121 cm³/mol. The van der Waals surface area contributed by atoms with E-state index in [9.17, 15) is 19.5 Å². The highest BCUT2D eigenvalue weighted by molar-refractivity contribution is 6.01. The van der Waals surface area contributed by atoms with E-state index in [1.54, 1.807) is 0 Å². The number of nitrogens with one attached hydrogen (secondary N) is 1. The summed E-state index contributed by atoms with van der Waals surface area (Å²) in [7, 11) is 1.33. The van der Waals surface area contributed by atoms with Crippen LogP contribution in [0.5, 0.6) is 0 Å². The van der Waals surface area contributed by atoms with Crippen molar-refractivity contribution in [3.8, 4) is 11.1 Å². The van der Waals surface area contributed by atoms with Gasteiger partial charge in [-0.3, -0.25) is 10.1 Å². The molecule has 35 heavy (non-hydrogen) atoms. The number of hydrogen-bond acceptors (Lipinski definition) is 8. The van der Waals surface area contributed by atoms with Crippen LogP contribution in [0, 0.1) is 0 Å². The molecular formula is C24H22N4O7. The Hall–Kier alpha value is -4.25. The third kappa shape index (κ3) is 3.79. The third-order valence-corrected chi connectivity index (χ3v) is 6.60. The van der Waals surface area contributed by atoms with Gasteiger partial charge in [-0.05, 0) is 32.6 Å². The van der Waals surface area contributed by atoms with Gasteiger partial charge < -0.3 is 19.5 Å². The zero-order valence-electron chi connectivity index (χ0n) is 18.8. The number of benzene rings is 2. The second-order valence-corrected chi connectivity index (χ2v) is 8.42. The Morgan fingerprint density at radius 2 is 1.77 bits per heavy atom. The fourth-order valence-corrected chi connectivity index (χ4v) is 4.63. The molecule has 1 fully saturated rings. The molecule has 11 heteroatoms. The largest absolute Gasteiger partial charge is 0.479 e. The number of rotatable bonds is 6. The van der Waals surface area contributed by atoms with Crippen LogP contribution in [0.3, 0.4) is 0 Å². The van der Waals surface area contributed by atoms with E-state index in [0.29, 0.717) is 0 Å². The lowest BCUT2D eigenvalue weighted by atomic mass is 9.96. The first-order valence-electron chi connectivity index (χ1n) is 11.0. The standard InChI is InChI=1S/C24H22N4O7/c1-28(24(22(30)31)10-11-33-13-24)21(29)19-20(27-35-26-19)25-23(32)34-12-18-16-8-4-2-6-14(16)15-7-3-5-9-17(15)18/h2-9,18H,10-13H2,1H3,(H,30,31)(H,25,27,32). The summed E-state index contributed by atoms with van der Waals surface area (Å²) in [5.41, 5.74) is 2.42. The van der Waals surface area contributed by atoms with E-state index in [1.807, 2.05) is 48.5 Å². The number of fused-ring (bicyclic) bond motifs is 3. The van der Waals surface area contributed by atoms with Gasteiger partial charge in [-0.1, -0.05) is 48.5 Å². The van der Waals surface area contributed by atoms with Crippen molar-refractivity contribution in [1.29, 1.82) is 0 Å². The van der Waals surface area contributed by atoms with Crippen molar-refractivity contribution in [2.24, 2.45) is 0 Å². The van der Waals surface area contributed by atoms with Gasteiger partial charge in [0.05, 0.1) is 6.61 Å². The van der Waals surface area contributed by atoms with Crippen LogP contribution in [0.1, 0.15) is 34.0 Å². The summed E-state index contributed by atoms with van der Waals surface area (Å²) in [4.78, 5) is 38.5. The Bertz CT molecular complexity index is 1250. The summed E-state index contributed by atoms with van der Waals surface area (Å²) < 4.78 is 15.3. The first-order valence-corrected chi connectivity index (χ1v) is 11.0. The van der Waals surface area contributed by atoms with E-state index in [2.05, 4.69) is 20.3 Å². The summed E-state index contributed by atoms with van der Waals surface area (Å²) >= 11 is 0. The highest BCUT2D eigenvalue weighted by Gasteiger charge is 2.49. The molecule has 0 saturated carbocycles. The van der Waals surface area contributed by atoms with Gasteiger partial charge in [0.2, 0.25) is 11.5 Å². The molecule has 1 atom stereocenters. The highest BCUT2D eigenvalue weighted by Crippen LogP contribution is 2.44. The monoisotopic (exact) mass is 478 g/mol. The van der Waals surface area contributed by atoms with Crippen LogP contribution in [0.2, 0.25) is 0 Å². The number of carboxylic acid groups (broad SMARTS) is 1. The number of aromatic nitrogens is 2. The van der Waals surface area contributed by atoms with Gasteiger partial charge in [-0.15, -0.1) is 0 Å². The second-order valence-electron chi connectivity index (χ2n) is 8.42. The summed E-state index contributed by atoms with van der Waals surface area (Å²) in [6.07, 6.45) is -0.734. The molecule has 5 rings (SSSR count). The molecule has 3 aromatic rings. The Labute approximate surface area is 199 Å². The lowest BCUT2D eigenvalue weighted by Gasteiger charge is -2.32. The SMILES string of the molecule is CN(C(=O)c1nonc1NC(=O)OCC1c2ccccc2-c2ccccc21)C1(C(=O)O)CCOC1. The molecule has 1 unspecified atom stereocenters. The van der Waals surface area contributed by atoms with Crippen LogP contribution in [-0.2, 0) is 14.3 Å². The molecule has 2 amide bonds. The molecular weight excluding hydrogens is 456 g/mol. The van der Waals surface area contributed by atoms with Gasteiger partial charge in [0, 0.05) is 26.0 Å². The number of hydrogen-bond donors (Lipinski definition) is 2. The Balaban J connectivity index is 1.28. The van der Waals surface area contributed by atoms with Crippen molar-refractivity contribution < 1.29 is 33.6 Å². The maximum absolute atomic E-state index is 13.0. The molecule has 2 heterocycles. The van der Waals surface area contributed by atoms with Gasteiger partial charge in [-0.25, -0.2) is 14.2 Å². The van der Waals surface area contributed by atoms with Gasteiger partial charge in [0.25, 0.3) is 5.91 Å². The van der Waals surface area contributed by atoms with Crippen LogP contribution in [-0.4, -0.2) is 70.7 Å². The van der Waals surface area contributed by atoms with Crippen LogP contribution in [0.4, 0.5) is 10.6 Å². The smallest absolute Gasteiger partial charge is 0.412 e. The van der Waals surface area contributed by atoms with Crippen molar-refractivity contribution in [2.75, 3.05) is 32.2 Å². The number of carbonyl (C=O) groups excluding carboxylic acids is 2. The van der Waals surface area contributed by atoms with Gasteiger partial charge in [0.15, 0.2) is 5.54 Å². The summed E-state index contributed by atoms with van der Waals surface area (Å²) in [5, 5.41) is 19.2. The number of carboxylic acids is 1. The third-order valence-electron chi connectivity index (χ3n) is 6.60. The number of nitrogens with zero attached hydrogens (tertiary/aromatic N) is 3. The molecule has 0 bridgehead atoms. The first kappa shape index (κ1) is 22.5. The van der Waals surface area contributed by atoms with E-state index < -0.39 is 23.5 Å². The maximum Gasteiger partial charge on any atom is 0.412 e. The van der Waals surface area contributed by atoms with Crippen molar-refractivity contribution in [1.82, 2.24) is 15.2 Å². The fourth-order valence-electron chi connectivity index (χ4n) is 4.63. The lowest BCUT2D eigenvalue weighted by molar-refractivity contribution is -0.149. The van der Waals surface area contributed by atoms with Crippen LogP contribution >= 0.6 is 0 Å². The Morgan fingerprint density at radius 1 is 1.11 bits per heavy atom. The minimum atomic E-state index is -1.54. The van der Waals surface area contributed by atoms with E-state index >= 15 is 0 Å². The van der Waals surface area contributed by atoms with E-state index in [4.69, 9.17) is 9.47 Å². The lowest BCUT2D eigenvalue weighted by Crippen LogP contribution is -2.56. The minimum absolute atomic E-state index is 0.0633. The minimum Gasteiger partial charge on any atom is -0.479 e. The number of anilines is 1. The number of carbonyl (C=O) groups is 3. The molecule has 1 saturated heterocycles. The molecule has 2 aliphatic rings.